The minimum absolute atomic E-state index is 0.122. The molecule has 0 nitrogen and oxygen atoms in total. The Hall–Kier alpha value is -0.633. The Kier molecular flexibility index (Phi) is 8.21. The highest BCUT2D eigenvalue weighted by Gasteiger charge is 2.21. The number of halogens is 1. The topological polar surface area (TPSA) is 0 Å². The third-order valence-electron chi connectivity index (χ3n) is 5.42. The van der Waals surface area contributed by atoms with Gasteiger partial charge in [-0.15, -0.1) is 0 Å². The summed E-state index contributed by atoms with van der Waals surface area (Å²) >= 11 is 0. The predicted molar refractivity (Wildman–Crippen MR) is 97.8 cm³/mol. The Morgan fingerprint density at radius 2 is 1.73 bits per heavy atom. The SMILES string of the molecule is CCCCC[Si@H]1CC[C@H](CCCCc2ccc(F)cc2)CC1. The highest BCUT2D eigenvalue weighted by Crippen LogP contribution is 2.31. The van der Waals surface area contributed by atoms with Gasteiger partial charge in [-0.1, -0.05) is 82.1 Å². The first-order chi connectivity index (χ1) is 10.8. The van der Waals surface area contributed by atoms with Crippen LogP contribution < -0.4 is 0 Å². The molecule has 0 aliphatic carbocycles. The quantitative estimate of drug-likeness (QED) is 0.366. The minimum atomic E-state index is -0.327. The van der Waals surface area contributed by atoms with Crippen LogP contribution in [0.2, 0.25) is 18.1 Å². The summed E-state index contributed by atoms with van der Waals surface area (Å²) in [6.07, 6.45) is 12.5. The van der Waals surface area contributed by atoms with Crippen LogP contribution in [0.3, 0.4) is 0 Å². The van der Waals surface area contributed by atoms with Crippen molar-refractivity contribution < 1.29 is 4.39 Å². The maximum Gasteiger partial charge on any atom is 0.123 e. The maximum absolute atomic E-state index is 12.9. The molecule has 0 bridgehead atoms. The first kappa shape index (κ1) is 17.7. The molecule has 1 aliphatic rings. The summed E-state index contributed by atoms with van der Waals surface area (Å²) in [5, 5.41) is 0. The van der Waals surface area contributed by atoms with Crippen molar-refractivity contribution in [3.8, 4) is 0 Å². The lowest BCUT2D eigenvalue weighted by atomic mass is 9.95. The van der Waals surface area contributed by atoms with E-state index >= 15 is 0 Å². The Labute approximate surface area is 138 Å². The lowest BCUT2D eigenvalue weighted by Crippen LogP contribution is -2.21. The smallest absolute Gasteiger partial charge is 0.123 e. The van der Waals surface area contributed by atoms with Crippen LogP contribution >= 0.6 is 0 Å². The van der Waals surface area contributed by atoms with Crippen molar-refractivity contribution in [2.45, 2.75) is 82.8 Å². The molecule has 1 saturated heterocycles. The Morgan fingerprint density at radius 1 is 1.00 bits per heavy atom. The molecule has 0 atom stereocenters. The molecule has 2 heteroatoms. The molecule has 1 aliphatic heterocycles. The van der Waals surface area contributed by atoms with E-state index in [-0.39, 0.29) is 14.6 Å². The van der Waals surface area contributed by atoms with Gasteiger partial charge >= 0.3 is 0 Å². The van der Waals surface area contributed by atoms with Crippen molar-refractivity contribution in [1.29, 1.82) is 0 Å². The van der Waals surface area contributed by atoms with Gasteiger partial charge < -0.3 is 0 Å². The van der Waals surface area contributed by atoms with Crippen molar-refractivity contribution in [2.24, 2.45) is 5.92 Å². The lowest BCUT2D eigenvalue weighted by Gasteiger charge is -2.27. The number of hydrogen-bond acceptors (Lipinski definition) is 0. The second-order valence-electron chi connectivity index (χ2n) is 7.25. The van der Waals surface area contributed by atoms with Gasteiger partial charge in [0.15, 0.2) is 0 Å². The van der Waals surface area contributed by atoms with E-state index in [1.165, 1.54) is 56.9 Å². The van der Waals surface area contributed by atoms with Crippen molar-refractivity contribution in [3.05, 3.63) is 35.6 Å². The molecule has 124 valence electrons. The zero-order valence-corrected chi connectivity index (χ0v) is 15.5. The third kappa shape index (κ3) is 6.64. The van der Waals surface area contributed by atoms with Gasteiger partial charge in [-0.2, -0.15) is 0 Å². The zero-order chi connectivity index (χ0) is 15.6. The van der Waals surface area contributed by atoms with E-state index in [0.29, 0.717) is 0 Å². The second kappa shape index (κ2) is 10.2. The van der Waals surface area contributed by atoms with Crippen LogP contribution in [0.1, 0.15) is 63.9 Å². The first-order valence-corrected chi connectivity index (χ1v) is 12.0. The molecule has 0 aromatic heterocycles. The molecule has 0 saturated carbocycles. The summed E-state index contributed by atoms with van der Waals surface area (Å²) < 4.78 is 12.9. The second-order valence-corrected chi connectivity index (χ2v) is 10.7. The number of benzene rings is 1. The molecular formula is C20H33FSi. The van der Waals surface area contributed by atoms with Gasteiger partial charge in [0.25, 0.3) is 0 Å². The van der Waals surface area contributed by atoms with Crippen molar-refractivity contribution in [2.75, 3.05) is 0 Å². The summed E-state index contributed by atoms with van der Waals surface area (Å²) in [5.74, 6) is 0.895. The van der Waals surface area contributed by atoms with E-state index in [0.717, 1.165) is 12.3 Å². The summed E-state index contributed by atoms with van der Waals surface area (Å²) in [5.41, 5.74) is 1.29. The van der Waals surface area contributed by atoms with E-state index < -0.39 is 0 Å². The van der Waals surface area contributed by atoms with Crippen LogP contribution in [0.15, 0.2) is 24.3 Å². The fourth-order valence-electron chi connectivity index (χ4n) is 3.91. The summed E-state index contributed by atoms with van der Waals surface area (Å²) in [4.78, 5) is 0. The zero-order valence-electron chi connectivity index (χ0n) is 14.3. The Morgan fingerprint density at radius 3 is 2.41 bits per heavy atom. The van der Waals surface area contributed by atoms with Crippen LogP contribution in [-0.2, 0) is 6.42 Å². The van der Waals surface area contributed by atoms with Gasteiger partial charge in [-0.25, -0.2) is 4.39 Å². The van der Waals surface area contributed by atoms with E-state index in [1.54, 1.807) is 30.3 Å². The molecule has 0 unspecified atom stereocenters. The van der Waals surface area contributed by atoms with Gasteiger partial charge in [0, 0.05) is 8.80 Å². The van der Waals surface area contributed by atoms with Gasteiger partial charge in [0.2, 0.25) is 0 Å². The molecule has 2 rings (SSSR count). The third-order valence-corrected chi connectivity index (χ3v) is 8.95. The van der Waals surface area contributed by atoms with Gasteiger partial charge in [-0.05, 0) is 36.5 Å². The van der Waals surface area contributed by atoms with Crippen LogP contribution in [0.4, 0.5) is 4.39 Å². The van der Waals surface area contributed by atoms with Crippen LogP contribution in [0.5, 0.6) is 0 Å². The molecule has 22 heavy (non-hydrogen) atoms. The summed E-state index contributed by atoms with van der Waals surface area (Å²) in [6.45, 7) is 2.31. The number of hydrogen-bond donors (Lipinski definition) is 0. The summed E-state index contributed by atoms with van der Waals surface area (Å²) in [7, 11) is -0.327. The Balaban J connectivity index is 1.52. The van der Waals surface area contributed by atoms with Gasteiger partial charge in [0.05, 0.1) is 0 Å². The van der Waals surface area contributed by atoms with Crippen LogP contribution in [0, 0.1) is 11.7 Å². The average Bonchev–Trinajstić information content (AvgIpc) is 2.55. The normalized spacial score (nSPS) is 21.9. The highest BCUT2D eigenvalue weighted by atomic mass is 28.3. The molecular weight excluding hydrogens is 287 g/mol. The largest absolute Gasteiger partial charge is 0.207 e. The van der Waals surface area contributed by atoms with Crippen LogP contribution in [0.25, 0.3) is 0 Å². The maximum atomic E-state index is 12.9. The summed E-state index contributed by atoms with van der Waals surface area (Å²) in [6, 6.07) is 11.9. The first-order valence-electron chi connectivity index (χ1n) is 9.52. The molecule has 0 spiro atoms. The number of unbranched alkanes of at least 4 members (excludes halogenated alkanes) is 3. The number of rotatable bonds is 9. The fraction of sp³-hybridized carbons (Fsp3) is 0.700. The van der Waals surface area contributed by atoms with Crippen molar-refractivity contribution in [1.82, 2.24) is 0 Å². The van der Waals surface area contributed by atoms with Gasteiger partial charge in [0.1, 0.15) is 5.82 Å². The predicted octanol–water partition coefficient (Wildman–Crippen LogP) is 6.37. The molecule has 1 heterocycles. The lowest BCUT2D eigenvalue weighted by molar-refractivity contribution is 0.417. The van der Waals surface area contributed by atoms with E-state index in [1.807, 2.05) is 12.1 Å². The fourth-order valence-corrected chi connectivity index (χ4v) is 7.52. The molecule has 0 radical (unpaired) electrons. The molecule has 0 amide bonds. The van der Waals surface area contributed by atoms with E-state index in [2.05, 4.69) is 6.92 Å². The standard InChI is InChI=1S/C20H33FSi/c1-2-3-6-15-22-16-13-19(14-17-22)8-5-4-7-18-9-11-20(21)12-10-18/h9-12,19,22H,2-8,13-17H2,1H3/t19-,22-. The highest BCUT2D eigenvalue weighted by molar-refractivity contribution is 6.58. The van der Waals surface area contributed by atoms with E-state index in [4.69, 9.17) is 0 Å². The van der Waals surface area contributed by atoms with Crippen molar-refractivity contribution in [3.63, 3.8) is 0 Å². The molecule has 1 aromatic carbocycles. The van der Waals surface area contributed by atoms with Crippen LogP contribution in [-0.4, -0.2) is 8.80 Å². The van der Waals surface area contributed by atoms with E-state index in [9.17, 15) is 4.39 Å². The minimum Gasteiger partial charge on any atom is -0.207 e. The average molecular weight is 321 g/mol. The molecule has 0 N–H and O–H groups in total. The van der Waals surface area contributed by atoms with Gasteiger partial charge in [-0.3, -0.25) is 0 Å². The number of aryl methyl sites for hydroxylation is 1. The van der Waals surface area contributed by atoms with Crippen molar-refractivity contribution >= 4 is 8.80 Å². The monoisotopic (exact) mass is 320 g/mol. The molecule has 1 aromatic rings. The molecule has 1 fully saturated rings. The Bertz CT molecular complexity index is 393.